The topological polar surface area (TPSA) is 92.6 Å². The summed E-state index contributed by atoms with van der Waals surface area (Å²) in [7, 11) is -2.09. The van der Waals surface area contributed by atoms with Gasteiger partial charge >= 0.3 is 0 Å². The fourth-order valence-electron chi connectivity index (χ4n) is 3.45. The molecule has 0 bridgehead atoms. The van der Waals surface area contributed by atoms with E-state index in [0.29, 0.717) is 60.6 Å². The number of aliphatic hydroxyl groups excluding tert-OH is 1. The van der Waals surface area contributed by atoms with Gasteiger partial charge in [0.2, 0.25) is 15.0 Å². The maximum Gasteiger partial charge on any atom is 0.247 e. The van der Waals surface area contributed by atoms with Crippen molar-refractivity contribution in [1.82, 2.24) is 14.9 Å². The minimum atomic E-state index is -3.62. The lowest BCUT2D eigenvalue weighted by Crippen LogP contribution is -2.37. The van der Waals surface area contributed by atoms with Gasteiger partial charge in [0.05, 0.1) is 25.5 Å². The molecule has 166 valence electrons. The highest BCUT2D eigenvalue weighted by Gasteiger charge is 2.23. The number of nitrogens with zero attached hydrogens (tertiary/aromatic N) is 3. The van der Waals surface area contributed by atoms with Crippen molar-refractivity contribution in [2.24, 2.45) is 0 Å². The van der Waals surface area contributed by atoms with E-state index in [9.17, 15) is 17.9 Å². The summed E-state index contributed by atoms with van der Waals surface area (Å²) in [5.41, 5.74) is 2.04. The van der Waals surface area contributed by atoms with Gasteiger partial charge in [-0.1, -0.05) is 18.7 Å². The van der Waals surface area contributed by atoms with Gasteiger partial charge in [-0.2, -0.15) is 0 Å². The van der Waals surface area contributed by atoms with Crippen LogP contribution in [0.3, 0.4) is 0 Å². The van der Waals surface area contributed by atoms with Crippen LogP contribution in [0.2, 0.25) is 0 Å². The Morgan fingerprint density at radius 3 is 2.48 bits per heavy atom. The third kappa shape index (κ3) is 5.75. The van der Waals surface area contributed by atoms with Gasteiger partial charge in [0, 0.05) is 31.1 Å². The van der Waals surface area contributed by atoms with E-state index < -0.39 is 9.84 Å². The number of piperidine rings is 1. The van der Waals surface area contributed by atoms with Crippen LogP contribution in [-0.4, -0.2) is 67.5 Å². The second-order valence-corrected chi connectivity index (χ2v) is 9.40. The van der Waals surface area contributed by atoms with E-state index in [1.54, 1.807) is 18.2 Å². The summed E-state index contributed by atoms with van der Waals surface area (Å²) < 4.78 is 43.2. The first-order chi connectivity index (χ1) is 14.7. The fraction of sp³-hybridized carbons (Fsp3) is 0.364. The molecular formula is C22H26FN3O4S. The zero-order valence-electron chi connectivity index (χ0n) is 17.6. The second kappa shape index (κ2) is 9.67. The highest BCUT2D eigenvalue weighted by atomic mass is 32.2. The molecule has 0 aliphatic carbocycles. The van der Waals surface area contributed by atoms with E-state index in [4.69, 9.17) is 4.74 Å². The molecule has 9 heteroatoms. The number of ether oxygens (including phenoxy) is 1. The molecule has 31 heavy (non-hydrogen) atoms. The largest absolute Gasteiger partial charge is 0.499 e. The van der Waals surface area contributed by atoms with Crippen LogP contribution in [0.25, 0.3) is 11.1 Å². The number of hydrogen-bond donors (Lipinski definition) is 1. The summed E-state index contributed by atoms with van der Waals surface area (Å²) in [6.45, 7) is 5.99. The normalized spacial score (nSPS) is 16.6. The van der Waals surface area contributed by atoms with E-state index in [0.717, 1.165) is 6.26 Å². The summed E-state index contributed by atoms with van der Waals surface area (Å²) in [5.74, 6) is 0.172. The van der Waals surface area contributed by atoms with E-state index in [-0.39, 0.29) is 17.1 Å². The van der Waals surface area contributed by atoms with Gasteiger partial charge in [-0.3, -0.25) is 4.90 Å². The van der Waals surface area contributed by atoms with Gasteiger partial charge in [0.25, 0.3) is 0 Å². The van der Waals surface area contributed by atoms with Crippen LogP contribution in [0, 0.1) is 5.82 Å². The number of sulfone groups is 1. The third-order valence-corrected chi connectivity index (χ3v) is 6.03. The fourth-order valence-corrected chi connectivity index (χ4v) is 3.96. The minimum Gasteiger partial charge on any atom is -0.499 e. The molecule has 0 spiro atoms. The number of rotatable bonds is 7. The number of benzene rings is 1. The summed E-state index contributed by atoms with van der Waals surface area (Å²) in [4.78, 5) is 10.3. The molecule has 0 radical (unpaired) electrons. The first-order valence-electron chi connectivity index (χ1n) is 9.85. The first kappa shape index (κ1) is 23.1. The maximum absolute atomic E-state index is 13.4. The molecule has 1 aliphatic rings. The molecule has 3 rings (SSSR count). The molecule has 0 amide bonds. The van der Waals surface area contributed by atoms with Gasteiger partial charge in [0.1, 0.15) is 11.6 Å². The quantitative estimate of drug-likeness (QED) is 0.396. The minimum absolute atomic E-state index is 0.300. The van der Waals surface area contributed by atoms with Crippen molar-refractivity contribution < 1.29 is 22.7 Å². The molecule has 1 N–H and O–H groups in total. The van der Waals surface area contributed by atoms with Gasteiger partial charge in [-0.25, -0.2) is 22.8 Å². The average molecular weight is 448 g/mol. The Kier molecular flexibility index (Phi) is 7.19. The highest BCUT2D eigenvalue weighted by Crippen LogP contribution is 2.33. The molecule has 0 saturated carbocycles. The van der Waals surface area contributed by atoms with Crippen molar-refractivity contribution in [2.45, 2.75) is 24.1 Å². The zero-order chi connectivity index (χ0) is 22.6. The third-order valence-electron chi connectivity index (χ3n) is 5.17. The smallest absolute Gasteiger partial charge is 0.247 e. The Hall–Kier alpha value is -2.62. The van der Waals surface area contributed by atoms with Gasteiger partial charge in [-0.15, -0.1) is 0 Å². The predicted molar refractivity (Wildman–Crippen MR) is 116 cm³/mol. The van der Waals surface area contributed by atoms with Crippen LogP contribution in [0.15, 0.2) is 54.0 Å². The molecule has 1 aromatic carbocycles. The molecule has 1 aliphatic heterocycles. The number of halogens is 1. The Morgan fingerprint density at radius 2 is 1.90 bits per heavy atom. The molecule has 1 fully saturated rings. The maximum atomic E-state index is 13.4. The van der Waals surface area contributed by atoms with Crippen LogP contribution in [-0.2, 0) is 14.6 Å². The van der Waals surface area contributed by atoms with E-state index in [1.165, 1.54) is 25.4 Å². The summed E-state index contributed by atoms with van der Waals surface area (Å²) in [6.07, 6.45) is 3.44. The van der Waals surface area contributed by atoms with E-state index in [1.807, 2.05) is 0 Å². The number of aliphatic hydroxyl groups is 1. The lowest BCUT2D eigenvalue weighted by atomic mass is 9.95. The predicted octanol–water partition coefficient (Wildman–Crippen LogP) is 2.55. The molecule has 1 saturated heterocycles. The highest BCUT2D eigenvalue weighted by molar-refractivity contribution is 7.90. The summed E-state index contributed by atoms with van der Waals surface area (Å²) >= 11 is 0. The van der Waals surface area contributed by atoms with Crippen molar-refractivity contribution >= 4 is 21.0 Å². The van der Waals surface area contributed by atoms with Crippen LogP contribution < -0.4 is 0 Å². The van der Waals surface area contributed by atoms with Crippen LogP contribution in [0.1, 0.15) is 24.1 Å². The molecular weight excluding hydrogens is 421 g/mol. The van der Waals surface area contributed by atoms with Crippen molar-refractivity contribution in [3.8, 4) is 0 Å². The average Bonchev–Trinajstić information content (AvgIpc) is 2.74. The first-order valence-corrected chi connectivity index (χ1v) is 11.7. The molecule has 2 aromatic rings. The van der Waals surface area contributed by atoms with Gasteiger partial charge in [-0.05, 0) is 42.2 Å². The van der Waals surface area contributed by atoms with Crippen molar-refractivity contribution in [3.63, 3.8) is 0 Å². The molecule has 0 unspecified atom stereocenters. The van der Waals surface area contributed by atoms with Gasteiger partial charge < -0.3 is 9.84 Å². The van der Waals surface area contributed by atoms with Crippen LogP contribution in [0.4, 0.5) is 4.39 Å². The number of methoxy groups -OCH3 is 1. The van der Waals surface area contributed by atoms with E-state index >= 15 is 0 Å². The standard InChI is InChI=1S/C22H26FN3O4S/c1-15(16-4-6-17(23)7-5-16)21(19-8-11-24-22(25-19)31(3,28)29)20(30-2)14-26-12-9-18(27)10-13-26/h4-8,11,18,27H,1,9-10,12-14H2,2-3H3/b21-20+. The Morgan fingerprint density at radius 1 is 1.26 bits per heavy atom. The number of aromatic nitrogens is 2. The van der Waals surface area contributed by atoms with Crippen LogP contribution >= 0.6 is 0 Å². The van der Waals surface area contributed by atoms with Crippen molar-refractivity contribution in [2.75, 3.05) is 33.0 Å². The molecule has 2 heterocycles. The molecule has 7 nitrogen and oxygen atoms in total. The number of likely N-dealkylation sites (tertiary alicyclic amines) is 1. The zero-order valence-corrected chi connectivity index (χ0v) is 18.4. The van der Waals surface area contributed by atoms with E-state index in [2.05, 4.69) is 21.4 Å². The van der Waals surface area contributed by atoms with Crippen molar-refractivity contribution in [3.05, 3.63) is 65.9 Å². The molecule has 0 atom stereocenters. The Bertz CT molecular complexity index is 1080. The summed E-state index contributed by atoms with van der Waals surface area (Å²) in [6, 6.07) is 7.45. The lowest BCUT2D eigenvalue weighted by molar-refractivity contribution is 0.0798. The number of hydrogen-bond acceptors (Lipinski definition) is 7. The van der Waals surface area contributed by atoms with Crippen molar-refractivity contribution in [1.29, 1.82) is 0 Å². The SMILES string of the molecule is C=C(/C(=C(/CN1CCC(O)CC1)OC)c1ccnc(S(C)(=O)=O)n1)c1ccc(F)cc1. The lowest BCUT2D eigenvalue weighted by Gasteiger charge is -2.30. The summed E-state index contributed by atoms with van der Waals surface area (Å²) in [5, 5.41) is 9.48. The second-order valence-electron chi connectivity index (χ2n) is 7.49. The van der Waals surface area contributed by atoms with Gasteiger partial charge in [0.15, 0.2) is 0 Å². The Labute approximate surface area is 181 Å². The number of allylic oxidation sites excluding steroid dienone is 2. The molecule has 1 aromatic heterocycles. The monoisotopic (exact) mass is 447 g/mol. The Balaban J connectivity index is 2.09. The van der Waals surface area contributed by atoms with Crippen LogP contribution in [0.5, 0.6) is 0 Å².